The van der Waals surface area contributed by atoms with Crippen LogP contribution < -0.4 is 0 Å². The predicted molar refractivity (Wildman–Crippen MR) is 74.9 cm³/mol. The molecule has 0 bridgehead atoms. The highest BCUT2D eigenvalue weighted by atomic mass is 35.6. The van der Waals surface area contributed by atoms with Gasteiger partial charge in [-0.25, -0.2) is 0 Å². The maximum atomic E-state index is 5.89. The van der Waals surface area contributed by atoms with Gasteiger partial charge in [-0.1, -0.05) is 92.8 Å². The Hall–Kier alpha value is 1.54. The Morgan fingerprint density at radius 3 is 1.62 bits per heavy atom. The fraction of sp³-hybridized carbons (Fsp3) is 0.250. The molecule has 0 N–H and O–H groups in total. The molecular weight excluding hydrogens is 380 g/mol. The molecule has 8 heteroatoms. The summed E-state index contributed by atoms with van der Waals surface area (Å²) in [5, 5.41) is 0.256. The smallest absolute Gasteiger partial charge is 0.0827 e. The Morgan fingerprint density at radius 1 is 0.750 bits per heavy atom. The van der Waals surface area contributed by atoms with E-state index in [0.29, 0.717) is 0 Å². The molecule has 0 aliphatic rings. The second kappa shape index (κ2) is 5.27. The van der Waals surface area contributed by atoms with Crippen LogP contribution in [0.25, 0.3) is 0 Å². The lowest BCUT2D eigenvalue weighted by Crippen LogP contribution is -2.07. The summed E-state index contributed by atoms with van der Waals surface area (Å²) in [5.41, 5.74) is 0.432. The van der Waals surface area contributed by atoms with Crippen LogP contribution in [0.1, 0.15) is 11.1 Å². The van der Waals surface area contributed by atoms with Crippen molar-refractivity contribution < 1.29 is 0 Å². The van der Waals surface area contributed by atoms with Gasteiger partial charge in [-0.15, -0.1) is 0 Å². The zero-order valence-corrected chi connectivity index (χ0v) is 13.2. The number of benzene rings is 1. The van der Waals surface area contributed by atoms with E-state index < -0.39 is 7.59 Å². The van der Waals surface area contributed by atoms with Gasteiger partial charge in [0.15, 0.2) is 0 Å². The molecular formula is C8H2Cl8. The molecule has 0 nitrogen and oxygen atoms in total. The molecule has 0 aliphatic heterocycles. The lowest BCUT2D eigenvalue weighted by molar-refractivity contribution is 1.17. The van der Waals surface area contributed by atoms with Gasteiger partial charge >= 0.3 is 0 Å². The van der Waals surface area contributed by atoms with E-state index in [-0.39, 0.29) is 21.2 Å². The number of hydrogen-bond acceptors (Lipinski definition) is 0. The van der Waals surface area contributed by atoms with Crippen molar-refractivity contribution in [1.29, 1.82) is 0 Å². The molecule has 16 heavy (non-hydrogen) atoms. The van der Waals surface area contributed by atoms with Gasteiger partial charge in [0, 0.05) is 11.1 Å². The zero-order chi connectivity index (χ0) is 12.7. The first-order valence-electron chi connectivity index (χ1n) is 3.67. The number of rotatable bonds is 0. The third-order valence-corrected chi connectivity index (χ3v) is 3.73. The molecule has 0 atom stereocenters. The molecule has 90 valence electrons. The van der Waals surface area contributed by atoms with Crippen molar-refractivity contribution in [2.24, 2.45) is 0 Å². The van der Waals surface area contributed by atoms with E-state index in [2.05, 4.69) is 0 Å². The van der Waals surface area contributed by atoms with Gasteiger partial charge in [-0.05, 0) is 12.1 Å². The van der Waals surface area contributed by atoms with E-state index in [1.54, 1.807) is 0 Å². The quantitative estimate of drug-likeness (QED) is 0.441. The molecule has 1 rings (SSSR count). The van der Waals surface area contributed by atoms with Crippen molar-refractivity contribution in [2.45, 2.75) is 7.59 Å². The summed E-state index contributed by atoms with van der Waals surface area (Å²) in [6.45, 7) is 0. The van der Waals surface area contributed by atoms with Crippen LogP contribution in [0.15, 0.2) is 12.1 Å². The number of alkyl halides is 6. The minimum atomic E-state index is -1.74. The monoisotopic (exact) mass is 378 g/mol. The molecule has 0 aliphatic carbocycles. The van der Waals surface area contributed by atoms with Crippen LogP contribution in [0.2, 0.25) is 10.0 Å². The lowest BCUT2D eigenvalue weighted by atomic mass is 10.1. The first kappa shape index (κ1) is 15.6. The number of hydrogen-bond donors (Lipinski definition) is 0. The molecule has 0 aromatic heterocycles. The molecule has 0 saturated heterocycles. The summed E-state index contributed by atoms with van der Waals surface area (Å²) >= 11 is 46.0. The molecule has 0 saturated carbocycles. The Kier molecular flexibility index (Phi) is 5.13. The van der Waals surface area contributed by atoms with Gasteiger partial charge in [0.05, 0.1) is 10.0 Å². The van der Waals surface area contributed by atoms with E-state index in [9.17, 15) is 0 Å². The highest BCUT2D eigenvalue weighted by molar-refractivity contribution is 6.68. The van der Waals surface area contributed by atoms with E-state index in [0.717, 1.165) is 0 Å². The lowest BCUT2D eigenvalue weighted by Gasteiger charge is -2.19. The van der Waals surface area contributed by atoms with Gasteiger partial charge in [-0.3, -0.25) is 0 Å². The molecule has 0 radical (unpaired) electrons. The van der Waals surface area contributed by atoms with Gasteiger partial charge in [0.1, 0.15) is 0 Å². The molecule has 1 aromatic rings. The number of halogens is 8. The Labute approximate surface area is 133 Å². The van der Waals surface area contributed by atoms with Crippen molar-refractivity contribution in [2.75, 3.05) is 0 Å². The van der Waals surface area contributed by atoms with E-state index in [4.69, 9.17) is 92.8 Å². The standard InChI is InChI=1S/C8H2Cl8/c9-5-2-3(7(11,12)13)1-4(6(5)10)8(14,15)16/h1-2H. The normalized spacial score (nSPS) is 13.0. The van der Waals surface area contributed by atoms with E-state index in [1.807, 2.05) is 0 Å². The fourth-order valence-electron chi connectivity index (χ4n) is 0.959. The topological polar surface area (TPSA) is 0 Å². The van der Waals surface area contributed by atoms with Crippen molar-refractivity contribution in [3.8, 4) is 0 Å². The Morgan fingerprint density at radius 2 is 1.25 bits per heavy atom. The van der Waals surface area contributed by atoms with Crippen LogP contribution in [-0.2, 0) is 7.59 Å². The van der Waals surface area contributed by atoms with Crippen LogP contribution >= 0.6 is 92.8 Å². The third-order valence-electron chi connectivity index (χ3n) is 1.66. The van der Waals surface area contributed by atoms with Crippen molar-refractivity contribution in [3.63, 3.8) is 0 Å². The highest BCUT2D eigenvalue weighted by Gasteiger charge is 2.31. The molecule has 0 fully saturated rings. The third kappa shape index (κ3) is 3.76. The molecule has 0 spiro atoms. The molecule has 1 aromatic carbocycles. The van der Waals surface area contributed by atoms with Gasteiger partial charge in [0.2, 0.25) is 7.59 Å². The van der Waals surface area contributed by atoms with E-state index >= 15 is 0 Å². The minimum absolute atomic E-state index is 0.111. The fourth-order valence-corrected chi connectivity index (χ4v) is 2.35. The molecule has 0 heterocycles. The second-order valence-electron chi connectivity index (χ2n) is 2.82. The van der Waals surface area contributed by atoms with Crippen LogP contribution in [0.5, 0.6) is 0 Å². The first-order chi connectivity index (χ1) is 7.03. The summed E-state index contributed by atoms with van der Waals surface area (Å²) in [5.74, 6) is 0. The highest BCUT2D eigenvalue weighted by Crippen LogP contribution is 2.48. The minimum Gasteiger partial charge on any atom is -0.0827 e. The SMILES string of the molecule is Clc1cc(C(Cl)(Cl)Cl)cc(C(Cl)(Cl)Cl)c1Cl. The Bertz CT molecular complexity index is 400. The zero-order valence-electron chi connectivity index (χ0n) is 7.18. The summed E-state index contributed by atoms with van der Waals surface area (Å²) in [6, 6.07) is 2.78. The molecule has 0 amide bonds. The second-order valence-corrected chi connectivity index (χ2v) is 8.16. The first-order valence-corrected chi connectivity index (χ1v) is 6.69. The van der Waals surface area contributed by atoms with Crippen molar-refractivity contribution >= 4 is 92.8 Å². The summed E-state index contributed by atoms with van der Waals surface area (Å²) in [7, 11) is 0. The maximum Gasteiger partial charge on any atom is 0.217 e. The van der Waals surface area contributed by atoms with Crippen LogP contribution in [0.4, 0.5) is 0 Å². The van der Waals surface area contributed by atoms with Crippen LogP contribution in [0, 0.1) is 0 Å². The van der Waals surface area contributed by atoms with Crippen molar-refractivity contribution in [3.05, 3.63) is 33.3 Å². The summed E-state index contributed by atoms with van der Waals surface area (Å²) in [4.78, 5) is 0. The average Bonchev–Trinajstić information content (AvgIpc) is 2.05. The van der Waals surface area contributed by atoms with Crippen LogP contribution in [0.3, 0.4) is 0 Å². The van der Waals surface area contributed by atoms with Crippen molar-refractivity contribution in [1.82, 2.24) is 0 Å². The van der Waals surface area contributed by atoms with Crippen LogP contribution in [-0.4, -0.2) is 0 Å². The Balaban J connectivity index is 3.46. The van der Waals surface area contributed by atoms with Gasteiger partial charge in [0.25, 0.3) is 0 Å². The summed E-state index contributed by atoms with van der Waals surface area (Å²) in [6.07, 6.45) is 0. The van der Waals surface area contributed by atoms with Gasteiger partial charge in [-0.2, -0.15) is 0 Å². The van der Waals surface area contributed by atoms with Gasteiger partial charge < -0.3 is 0 Å². The average molecular weight is 382 g/mol. The predicted octanol–water partition coefficient (Wildman–Crippen LogP) is 6.65. The van der Waals surface area contributed by atoms with E-state index in [1.165, 1.54) is 12.1 Å². The summed E-state index contributed by atoms with van der Waals surface area (Å²) < 4.78 is -3.41. The largest absolute Gasteiger partial charge is 0.217 e. The molecule has 0 unspecified atom stereocenters. The maximum absolute atomic E-state index is 5.89.